The number of ether oxygens (including phenoxy) is 3. The van der Waals surface area contributed by atoms with Crippen molar-refractivity contribution in [3.63, 3.8) is 0 Å². The fourth-order valence-electron chi connectivity index (χ4n) is 3.39. The van der Waals surface area contributed by atoms with Crippen LogP contribution in [0.15, 0.2) is 72.8 Å². The van der Waals surface area contributed by atoms with Gasteiger partial charge in [-0.1, -0.05) is 23.7 Å². The Kier molecular flexibility index (Phi) is 10.3. The predicted molar refractivity (Wildman–Crippen MR) is 143 cm³/mol. The van der Waals surface area contributed by atoms with Gasteiger partial charge in [0.05, 0.1) is 19.1 Å². The zero-order valence-corrected chi connectivity index (χ0v) is 22.0. The topological polar surface area (TPSA) is 125 Å². The summed E-state index contributed by atoms with van der Waals surface area (Å²) in [5, 5.41) is 3.00. The number of halogens is 1. The van der Waals surface area contributed by atoms with Gasteiger partial charge in [-0.2, -0.15) is 0 Å². The summed E-state index contributed by atoms with van der Waals surface area (Å²) in [7, 11) is 1.52. The van der Waals surface area contributed by atoms with Crippen LogP contribution in [-0.4, -0.2) is 49.2 Å². The summed E-state index contributed by atoms with van der Waals surface area (Å²) >= 11 is 5.89. The minimum atomic E-state index is -1.03. The number of carbonyl (C=O) groups excluding carboxylic acids is 5. The summed E-state index contributed by atoms with van der Waals surface area (Å²) < 4.78 is 15.3. The number of amides is 1. The summed E-state index contributed by atoms with van der Waals surface area (Å²) in [5.41, 5.74) is 1.28. The fourth-order valence-corrected chi connectivity index (χ4v) is 3.58. The highest BCUT2D eigenvalue weighted by Crippen LogP contribution is 2.16. The van der Waals surface area contributed by atoms with Crippen LogP contribution in [0.5, 0.6) is 5.75 Å². The molecule has 1 atom stereocenters. The Bertz CT molecular complexity index is 1350. The SMILES string of the molecule is COc1ccc(C(=O)COC(=O)c2ccc(NC(=O)CCC(=O)OC(C)C(=O)c3cccc(Cl)c3)cc2)cc1. The quantitative estimate of drug-likeness (QED) is 0.248. The molecular weight excluding hydrogens is 526 g/mol. The van der Waals surface area contributed by atoms with Crippen molar-refractivity contribution >= 4 is 46.7 Å². The maximum absolute atomic E-state index is 12.4. The van der Waals surface area contributed by atoms with E-state index in [1.54, 1.807) is 42.5 Å². The molecule has 1 N–H and O–H groups in total. The van der Waals surface area contributed by atoms with Crippen molar-refractivity contribution in [1.29, 1.82) is 0 Å². The molecule has 39 heavy (non-hydrogen) atoms. The van der Waals surface area contributed by atoms with Crippen LogP contribution in [0.25, 0.3) is 0 Å². The molecule has 1 amide bonds. The van der Waals surface area contributed by atoms with Gasteiger partial charge in [0, 0.05) is 28.3 Å². The first-order valence-electron chi connectivity index (χ1n) is 11.9. The number of ketones is 2. The highest BCUT2D eigenvalue weighted by molar-refractivity contribution is 6.31. The van der Waals surface area contributed by atoms with Crippen molar-refractivity contribution in [2.45, 2.75) is 25.9 Å². The third-order valence-corrected chi connectivity index (χ3v) is 5.73. The first-order valence-corrected chi connectivity index (χ1v) is 12.3. The molecule has 3 aromatic rings. The van der Waals surface area contributed by atoms with E-state index in [4.69, 9.17) is 25.8 Å². The van der Waals surface area contributed by atoms with E-state index in [1.165, 1.54) is 44.4 Å². The van der Waals surface area contributed by atoms with Gasteiger partial charge < -0.3 is 19.5 Å². The van der Waals surface area contributed by atoms with Gasteiger partial charge in [0.2, 0.25) is 11.7 Å². The number of benzene rings is 3. The summed E-state index contributed by atoms with van der Waals surface area (Å²) in [6, 6.07) is 18.6. The maximum atomic E-state index is 12.4. The van der Waals surface area contributed by atoms with Crippen LogP contribution in [-0.2, 0) is 19.1 Å². The number of anilines is 1. The third-order valence-electron chi connectivity index (χ3n) is 5.49. The largest absolute Gasteiger partial charge is 0.497 e. The zero-order valence-electron chi connectivity index (χ0n) is 21.3. The maximum Gasteiger partial charge on any atom is 0.338 e. The van der Waals surface area contributed by atoms with Crippen molar-refractivity contribution < 1.29 is 38.2 Å². The smallest absolute Gasteiger partial charge is 0.338 e. The van der Waals surface area contributed by atoms with Gasteiger partial charge in [-0.25, -0.2) is 4.79 Å². The van der Waals surface area contributed by atoms with E-state index in [1.807, 2.05) is 0 Å². The normalized spacial score (nSPS) is 11.2. The summed E-state index contributed by atoms with van der Waals surface area (Å²) in [6.45, 7) is 1.02. The van der Waals surface area contributed by atoms with Gasteiger partial charge in [-0.05, 0) is 67.6 Å². The van der Waals surface area contributed by atoms with E-state index < -0.39 is 36.3 Å². The van der Waals surface area contributed by atoms with Gasteiger partial charge in [0.25, 0.3) is 0 Å². The lowest BCUT2D eigenvalue weighted by molar-refractivity contribution is -0.147. The highest BCUT2D eigenvalue weighted by atomic mass is 35.5. The van der Waals surface area contributed by atoms with Crippen LogP contribution < -0.4 is 10.1 Å². The predicted octanol–water partition coefficient (Wildman–Crippen LogP) is 4.92. The first kappa shape index (κ1) is 29.1. The van der Waals surface area contributed by atoms with Crippen molar-refractivity contribution in [2.75, 3.05) is 19.0 Å². The third kappa shape index (κ3) is 8.79. The minimum absolute atomic E-state index is 0.172. The lowest BCUT2D eigenvalue weighted by Gasteiger charge is -2.12. The van der Waals surface area contributed by atoms with Crippen LogP contribution in [0, 0.1) is 0 Å². The van der Waals surface area contributed by atoms with Gasteiger partial charge in [-0.3, -0.25) is 19.2 Å². The Morgan fingerprint density at radius 2 is 1.51 bits per heavy atom. The Labute approximate surface area is 230 Å². The van der Waals surface area contributed by atoms with E-state index in [2.05, 4.69) is 5.32 Å². The molecule has 0 saturated heterocycles. The standard InChI is InChI=1S/C29H26ClNO8/c1-18(28(35)21-4-3-5-22(30)16-21)39-27(34)15-14-26(33)31-23-10-6-20(7-11-23)29(36)38-17-25(32)19-8-12-24(37-2)13-9-19/h3-13,16,18H,14-15,17H2,1-2H3,(H,31,33). The molecule has 0 aliphatic carbocycles. The van der Waals surface area contributed by atoms with Gasteiger partial charge in [0.15, 0.2) is 18.5 Å². The molecule has 0 bridgehead atoms. The molecule has 3 aromatic carbocycles. The monoisotopic (exact) mass is 551 g/mol. The number of esters is 2. The molecule has 1 unspecified atom stereocenters. The van der Waals surface area contributed by atoms with E-state index in [0.29, 0.717) is 27.6 Å². The van der Waals surface area contributed by atoms with Crippen molar-refractivity contribution in [3.05, 3.63) is 94.5 Å². The number of hydrogen-bond donors (Lipinski definition) is 1. The summed E-state index contributed by atoms with van der Waals surface area (Å²) in [4.78, 5) is 61.2. The summed E-state index contributed by atoms with van der Waals surface area (Å²) in [6.07, 6.45) is -1.43. The number of Topliss-reactive ketones (excluding diaryl/α,β-unsaturated/α-hetero) is 2. The molecule has 3 rings (SSSR count). The Hall–Kier alpha value is -4.50. The molecule has 0 saturated carbocycles. The van der Waals surface area contributed by atoms with Crippen LogP contribution in [0.1, 0.15) is 50.8 Å². The molecule has 0 aliphatic heterocycles. The minimum Gasteiger partial charge on any atom is -0.497 e. The number of hydrogen-bond acceptors (Lipinski definition) is 8. The zero-order chi connectivity index (χ0) is 28.4. The lowest BCUT2D eigenvalue weighted by Crippen LogP contribution is -2.25. The van der Waals surface area contributed by atoms with E-state index in [-0.39, 0.29) is 24.2 Å². The van der Waals surface area contributed by atoms with Gasteiger partial charge >= 0.3 is 11.9 Å². The van der Waals surface area contributed by atoms with Crippen LogP contribution in [0.2, 0.25) is 5.02 Å². The molecule has 0 fully saturated rings. The Morgan fingerprint density at radius 3 is 2.15 bits per heavy atom. The molecule has 0 spiro atoms. The highest BCUT2D eigenvalue weighted by Gasteiger charge is 2.20. The molecule has 0 radical (unpaired) electrons. The van der Waals surface area contributed by atoms with Gasteiger partial charge in [-0.15, -0.1) is 0 Å². The molecular formula is C29H26ClNO8. The number of rotatable bonds is 12. The first-order chi connectivity index (χ1) is 18.7. The Balaban J connectivity index is 1.41. The lowest BCUT2D eigenvalue weighted by atomic mass is 10.1. The second-order valence-electron chi connectivity index (χ2n) is 8.36. The number of methoxy groups -OCH3 is 1. The Morgan fingerprint density at radius 1 is 0.846 bits per heavy atom. The van der Waals surface area contributed by atoms with Crippen LogP contribution >= 0.6 is 11.6 Å². The second kappa shape index (κ2) is 13.9. The second-order valence-corrected chi connectivity index (χ2v) is 8.80. The van der Waals surface area contributed by atoms with Gasteiger partial charge in [0.1, 0.15) is 5.75 Å². The molecule has 9 nitrogen and oxygen atoms in total. The molecule has 10 heteroatoms. The number of carbonyl (C=O) groups is 5. The van der Waals surface area contributed by atoms with Crippen LogP contribution in [0.3, 0.4) is 0 Å². The van der Waals surface area contributed by atoms with Crippen molar-refractivity contribution in [1.82, 2.24) is 0 Å². The summed E-state index contributed by atoms with van der Waals surface area (Å²) in [5.74, 6) is -2.02. The number of nitrogens with one attached hydrogen (secondary N) is 1. The average molecular weight is 552 g/mol. The molecule has 0 aromatic heterocycles. The molecule has 202 valence electrons. The molecule has 0 aliphatic rings. The fraction of sp³-hybridized carbons (Fsp3) is 0.207. The van der Waals surface area contributed by atoms with Crippen LogP contribution in [0.4, 0.5) is 5.69 Å². The van der Waals surface area contributed by atoms with Crippen molar-refractivity contribution in [2.24, 2.45) is 0 Å². The average Bonchev–Trinajstić information content (AvgIpc) is 2.94. The van der Waals surface area contributed by atoms with E-state index >= 15 is 0 Å². The molecule has 0 heterocycles. The van der Waals surface area contributed by atoms with E-state index in [9.17, 15) is 24.0 Å². The van der Waals surface area contributed by atoms with Crippen molar-refractivity contribution in [3.8, 4) is 5.75 Å². The van der Waals surface area contributed by atoms with E-state index in [0.717, 1.165) is 0 Å².